The number of carbonyl (C=O) groups excluding carboxylic acids is 1. The van der Waals surface area contributed by atoms with Gasteiger partial charge in [-0.15, -0.1) is 0 Å². The molecule has 5 nitrogen and oxygen atoms in total. The van der Waals surface area contributed by atoms with Crippen LogP contribution in [0.3, 0.4) is 0 Å². The van der Waals surface area contributed by atoms with Crippen LogP contribution >= 0.6 is 0 Å². The van der Waals surface area contributed by atoms with Crippen molar-refractivity contribution in [3.05, 3.63) is 0 Å². The lowest BCUT2D eigenvalue weighted by Crippen LogP contribution is -2.60. The number of amides is 1. The summed E-state index contributed by atoms with van der Waals surface area (Å²) in [5.41, 5.74) is 0.206. The summed E-state index contributed by atoms with van der Waals surface area (Å²) >= 11 is 0. The molecule has 164 valence electrons. The van der Waals surface area contributed by atoms with Gasteiger partial charge in [0.15, 0.2) is 0 Å². The summed E-state index contributed by atoms with van der Waals surface area (Å²) in [7, 11) is 0. The average molecular weight is 416 g/mol. The number of halogens is 3. The third-order valence-electron chi connectivity index (χ3n) is 7.73. The number of nitrogens with one attached hydrogen (secondary N) is 2. The average Bonchev–Trinajstić information content (AvgIpc) is 2.91. The number of rotatable bonds is 3. The van der Waals surface area contributed by atoms with Crippen LogP contribution in [0.25, 0.3) is 0 Å². The van der Waals surface area contributed by atoms with Crippen LogP contribution < -0.4 is 10.6 Å². The SMILES string of the molecule is O=C(CC1CC2CCC(C1)N2)NC12CC3CC(CC(C3)C1)C2.O=C(O)C(F)(F)F. The Morgan fingerprint density at radius 1 is 0.931 bits per heavy atom. The minimum Gasteiger partial charge on any atom is -0.475 e. The Kier molecular flexibility index (Phi) is 5.59. The fourth-order valence-electron chi connectivity index (χ4n) is 7.21. The van der Waals surface area contributed by atoms with Gasteiger partial charge in [-0.3, -0.25) is 4.79 Å². The van der Waals surface area contributed by atoms with Crippen molar-refractivity contribution in [1.29, 1.82) is 0 Å². The minimum atomic E-state index is -5.08. The number of carbonyl (C=O) groups is 2. The molecule has 0 aromatic rings. The molecule has 8 heteroatoms. The first-order valence-electron chi connectivity index (χ1n) is 11.0. The zero-order chi connectivity index (χ0) is 20.8. The molecule has 4 saturated carbocycles. The van der Waals surface area contributed by atoms with Crippen molar-refractivity contribution < 1.29 is 27.9 Å². The maximum atomic E-state index is 12.7. The Morgan fingerprint density at radius 3 is 1.79 bits per heavy atom. The van der Waals surface area contributed by atoms with Crippen LogP contribution in [0.15, 0.2) is 0 Å². The standard InChI is InChI=1S/C19H30N2O.C2HF3O2/c22-18(8-12-6-16-1-2-17(7-12)20-16)21-19-9-13-3-14(10-19)5-15(4-13)11-19;3-2(4,5)1(6)7/h12-17,20H,1-11H2,(H,21,22);(H,6,7). The summed E-state index contributed by atoms with van der Waals surface area (Å²) in [6, 6.07) is 1.41. The highest BCUT2D eigenvalue weighted by molar-refractivity contribution is 5.77. The monoisotopic (exact) mass is 416 g/mol. The van der Waals surface area contributed by atoms with Gasteiger partial charge in [-0.05, 0) is 87.9 Å². The quantitative estimate of drug-likeness (QED) is 0.657. The van der Waals surface area contributed by atoms with E-state index in [4.69, 9.17) is 9.90 Å². The van der Waals surface area contributed by atoms with Crippen molar-refractivity contribution >= 4 is 11.9 Å². The molecule has 29 heavy (non-hydrogen) atoms. The van der Waals surface area contributed by atoms with E-state index in [1.807, 2.05) is 0 Å². The molecule has 0 aromatic heterocycles. The van der Waals surface area contributed by atoms with Crippen LogP contribution in [0.2, 0.25) is 0 Å². The number of hydrogen-bond donors (Lipinski definition) is 3. The second-order valence-corrected chi connectivity index (χ2v) is 10.2. The Morgan fingerprint density at radius 2 is 1.38 bits per heavy atom. The first kappa shape index (κ1) is 20.9. The highest BCUT2D eigenvalue weighted by Crippen LogP contribution is 2.55. The molecule has 1 amide bonds. The summed E-state index contributed by atoms with van der Waals surface area (Å²) in [6.07, 6.45) is 9.01. The van der Waals surface area contributed by atoms with Crippen LogP contribution in [0.5, 0.6) is 0 Å². The van der Waals surface area contributed by atoms with Crippen molar-refractivity contribution in [2.75, 3.05) is 0 Å². The molecular formula is C21H31F3N2O3. The lowest BCUT2D eigenvalue weighted by atomic mass is 9.53. The molecule has 4 aliphatic carbocycles. The van der Waals surface area contributed by atoms with E-state index in [1.54, 1.807) is 0 Å². The molecule has 3 N–H and O–H groups in total. The van der Waals surface area contributed by atoms with Gasteiger partial charge in [-0.25, -0.2) is 4.79 Å². The van der Waals surface area contributed by atoms with Crippen LogP contribution in [0.4, 0.5) is 13.2 Å². The fourth-order valence-corrected chi connectivity index (χ4v) is 7.21. The van der Waals surface area contributed by atoms with Gasteiger partial charge in [0.2, 0.25) is 5.91 Å². The molecule has 2 unspecified atom stereocenters. The summed E-state index contributed by atoms with van der Waals surface area (Å²) in [6.45, 7) is 0. The van der Waals surface area contributed by atoms with Gasteiger partial charge in [0.25, 0.3) is 0 Å². The van der Waals surface area contributed by atoms with Crippen molar-refractivity contribution in [3.63, 3.8) is 0 Å². The second-order valence-electron chi connectivity index (χ2n) is 10.2. The fraction of sp³-hybridized carbons (Fsp3) is 0.905. The summed E-state index contributed by atoms with van der Waals surface area (Å²) < 4.78 is 31.7. The van der Waals surface area contributed by atoms with Crippen molar-refractivity contribution in [2.24, 2.45) is 23.7 Å². The Bertz CT molecular complexity index is 604. The van der Waals surface area contributed by atoms with Crippen LogP contribution in [-0.4, -0.2) is 40.8 Å². The Labute approximate surface area is 169 Å². The molecule has 6 rings (SSSR count). The van der Waals surface area contributed by atoms with Gasteiger partial charge in [0, 0.05) is 24.0 Å². The van der Waals surface area contributed by atoms with E-state index in [9.17, 15) is 18.0 Å². The van der Waals surface area contributed by atoms with Gasteiger partial charge in [-0.1, -0.05) is 0 Å². The largest absolute Gasteiger partial charge is 0.490 e. The van der Waals surface area contributed by atoms with E-state index in [-0.39, 0.29) is 5.54 Å². The molecule has 2 heterocycles. The van der Waals surface area contributed by atoms with Crippen molar-refractivity contribution in [1.82, 2.24) is 10.6 Å². The zero-order valence-corrected chi connectivity index (χ0v) is 16.6. The minimum absolute atomic E-state index is 0.206. The van der Waals surface area contributed by atoms with Gasteiger partial charge in [-0.2, -0.15) is 13.2 Å². The third kappa shape index (κ3) is 4.89. The molecule has 2 atom stereocenters. The molecule has 6 fully saturated rings. The molecule has 0 aromatic carbocycles. The van der Waals surface area contributed by atoms with Crippen LogP contribution in [0.1, 0.15) is 70.6 Å². The zero-order valence-electron chi connectivity index (χ0n) is 16.6. The predicted octanol–water partition coefficient (Wildman–Crippen LogP) is 3.63. The van der Waals surface area contributed by atoms with E-state index in [1.165, 1.54) is 64.2 Å². The number of aliphatic carboxylic acids is 1. The molecule has 6 bridgehead atoms. The number of piperidine rings is 1. The number of fused-ring (bicyclic) bond motifs is 2. The lowest BCUT2D eigenvalue weighted by molar-refractivity contribution is -0.192. The van der Waals surface area contributed by atoms with Gasteiger partial charge < -0.3 is 15.7 Å². The molecule has 0 spiro atoms. The topological polar surface area (TPSA) is 78.4 Å². The first-order valence-corrected chi connectivity index (χ1v) is 11.0. The van der Waals surface area contributed by atoms with Crippen molar-refractivity contribution in [2.45, 2.75) is 94.4 Å². The molecule has 6 aliphatic rings. The first-order chi connectivity index (χ1) is 13.6. The maximum absolute atomic E-state index is 12.7. The number of hydrogen-bond acceptors (Lipinski definition) is 3. The van der Waals surface area contributed by atoms with E-state index in [0.29, 0.717) is 23.9 Å². The Hall–Kier alpha value is -1.31. The number of alkyl halides is 3. The lowest BCUT2D eigenvalue weighted by Gasteiger charge is -2.57. The smallest absolute Gasteiger partial charge is 0.475 e. The van der Waals surface area contributed by atoms with E-state index >= 15 is 0 Å². The molecule has 0 radical (unpaired) electrons. The predicted molar refractivity (Wildman–Crippen MR) is 100 cm³/mol. The second kappa shape index (κ2) is 7.75. The van der Waals surface area contributed by atoms with Gasteiger partial charge in [0.1, 0.15) is 0 Å². The van der Waals surface area contributed by atoms with E-state index in [0.717, 1.165) is 24.2 Å². The maximum Gasteiger partial charge on any atom is 0.490 e. The Balaban J connectivity index is 0.000000255. The summed E-state index contributed by atoms with van der Waals surface area (Å²) in [5.74, 6) is 0.997. The highest BCUT2D eigenvalue weighted by atomic mass is 19.4. The number of carboxylic acids is 1. The van der Waals surface area contributed by atoms with Crippen LogP contribution in [0, 0.1) is 23.7 Å². The van der Waals surface area contributed by atoms with Gasteiger partial charge >= 0.3 is 12.1 Å². The third-order valence-corrected chi connectivity index (χ3v) is 7.73. The molecular weight excluding hydrogens is 385 g/mol. The molecule has 2 aliphatic heterocycles. The van der Waals surface area contributed by atoms with Crippen LogP contribution in [-0.2, 0) is 9.59 Å². The summed E-state index contributed by atoms with van der Waals surface area (Å²) in [4.78, 5) is 21.6. The van der Waals surface area contributed by atoms with E-state index in [2.05, 4.69) is 10.6 Å². The summed E-state index contributed by atoms with van der Waals surface area (Å²) in [5, 5.41) is 14.4. The van der Waals surface area contributed by atoms with Gasteiger partial charge in [0.05, 0.1) is 0 Å². The number of carboxylic acid groups (broad SMARTS) is 1. The van der Waals surface area contributed by atoms with E-state index < -0.39 is 12.1 Å². The normalized spacial score (nSPS) is 42.2. The molecule has 2 saturated heterocycles. The van der Waals surface area contributed by atoms with Crippen molar-refractivity contribution in [3.8, 4) is 0 Å². The highest BCUT2D eigenvalue weighted by Gasteiger charge is 2.51.